The SMILES string of the molecule is CCn1c(=O)c(/C=C/c2c(F)c(F)c(F)c(F)c2F)nc2cc(C(=O)[O-])ccc21. The molecule has 0 aliphatic carbocycles. The number of benzene rings is 2. The van der Waals surface area contributed by atoms with E-state index < -0.39 is 51.9 Å². The molecule has 2 aromatic carbocycles. The fraction of sp³-hybridized carbons (Fsp3) is 0.105. The first kappa shape index (κ1) is 20.2. The summed E-state index contributed by atoms with van der Waals surface area (Å²) in [6, 6.07) is 3.69. The third-order valence-electron chi connectivity index (χ3n) is 4.17. The minimum Gasteiger partial charge on any atom is -0.545 e. The first-order chi connectivity index (χ1) is 13.7. The summed E-state index contributed by atoms with van der Waals surface area (Å²) in [5.41, 5.74) is -2.21. The minimum absolute atomic E-state index is 0.0604. The van der Waals surface area contributed by atoms with Gasteiger partial charge in [0.25, 0.3) is 5.56 Å². The van der Waals surface area contributed by atoms with E-state index in [4.69, 9.17) is 0 Å². The normalized spacial score (nSPS) is 11.5. The molecular formula is C19H10F5N2O3-. The standard InChI is InChI=1S/C19H11F5N2O3/c1-2-26-12-6-3-8(19(28)29)7-11(12)25-10(18(26)27)5-4-9-13(20)15(22)17(24)16(23)14(9)21/h3-7H,2H2,1H3,(H,28,29)/p-1/b5-4+. The number of aromatic nitrogens is 2. The number of aryl methyl sites for hydroxylation is 1. The fourth-order valence-electron chi connectivity index (χ4n) is 2.75. The summed E-state index contributed by atoms with van der Waals surface area (Å²) in [5, 5.41) is 11.0. The first-order valence-corrected chi connectivity index (χ1v) is 8.12. The van der Waals surface area contributed by atoms with Gasteiger partial charge in [-0.25, -0.2) is 26.9 Å². The molecule has 3 rings (SSSR count). The van der Waals surface area contributed by atoms with Crippen LogP contribution in [-0.2, 0) is 6.54 Å². The number of rotatable bonds is 4. The van der Waals surface area contributed by atoms with Crippen LogP contribution in [0, 0.1) is 29.1 Å². The number of carboxylic acid groups (broad SMARTS) is 1. The maximum absolute atomic E-state index is 13.8. The molecule has 0 N–H and O–H groups in total. The van der Waals surface area contributed by atoms with Gasteiger partial charge in [-0.05, 0) is 36.8 Å². The summed E-state index contributed by atoms with van der Waals surface area (Å²) >= 11 is 0. The van der Waals surface area contributed by atoms with E-state index in [0.717, 1.165) is 12.1 Å². The number of fused-ring (bicyclic) bond motifs is 1. The molecule has 10 heteroatoms. The van der Waals surface area contributed by atoms with Crippen LogP contribution >= 0.6 is 0 Å². The monoisotopic (exact) mass is 409 g/mol. The van der Waals surface area contributed by atoms with Crippen LogP contribution in [0.5, 0.6) is 0 Å². The topological polar surface area (TPSA) is 75.0 Å². The van der Waals surface area contributed by atoms with Gasteiger partial charge in [-0.15, -0.1) is 0 Å². The number of carbonyl (C=O) groups is 1. The summed E-state index contributed by atoms with van der Waals surface area (Å²) in [6.45, 7) is 1.76. The lowest BCUT2D eigenvalue weighted by molar-refractivity contribution is -0.255. The molecule has 0 aliphatic rings. The van der Waals surface area contributed by atoms with Crippen LogP contribution in [0.15, 0.2) is 23.0 Å². The van der Waals surface area contributed by atoms with E-state index in [9.17, 15) is 36.6 Å². The van der Waals surface area contributed by atoms with Gasteiger partial charge in [0.1, 0.15) is 5.69 Å². The van der Waals surface area contributed by atoms with Crippen molar-refractivity contribution in [2.24, 2.45) is 0 Å². The van der Waals surface area contributed by atoms with Gasteiger partial charge < -0.3 is 14.5 Å². The number of hydrogen-bond donors (Lipinski definition) is 0. The Morgan fingerprint density at radius 2 is 1.62 bits per heavy atom. The summed E-state index contributed by atoms with van der Waals surface area (Å²) in [5.74, 6) is -12.2. The lowest BCUT2D eigenvalue weighted by atomic mass is 10.1. The predicted octanol–water partition coefficient (Wildman–Crippen LogP) is 2.65. The van der Waals surface area contributed by atoms with Crippen LogP contribution in [-0.4, -0.2) is 15.5 Å². The second-order valence-corrected chi connectivity index (χ2v) is 5.85. The van der Waals surface area contributed by atoms with E-state index in [1.165, 1.54) is 16.7 Å². The van der Waals surface area contributed by atoms with Crippen molar-refractivity contribution in [2.45, 2.75) is 13.5 Å². The third-order valence-corrected chi connectivity index (χ3v) is 4.17. The Bertz CT molecular complexity index is 1220. The second-order valence-electron chi connectivity index (χ2n) is 5.85. The van der Waals surface area contributed by atoms with E-state index in [-0.39, 0.29) is 23.1 Å². The van der Waals surface area contributed by atoms with Crippen molar-refractivity contribution in [2.75, 3.05) is 0 Å². The van der Waals surface area contributed by atoms with Gasteiger partial charge in [0, 0.05) is 6.54 Å². The number of carbonyl (C=O) groups excluding carboxylic acids is 1. The zero-order chi connectivity index (χ0) is 21.5. The zero-order valence-corrected chi connectivity index (χ0v) is 14.6. The third kappa shape index (κ3) is 3.37. The molecule has 0 unspecified atom stereocenters. The number of halogens is 5. The van der Waals surface area contributed by atoms with Gasteiger partial charge in [0.05, 0.1) is 22.6 Å². The second kappa shape index (κ2) is 7.46. The van der Waals surface area contributed by atoms with Crippen LogP contribution in [0.3, 0.4) is 0 Å². The highest BCUT2D eigenvalue weighted by molar-refractivity contribution is 5.91. The van der Waals surface area contributed by atoms with Crippen molar-refractivity contribution in [1.82, 2.24) is 9.55 Å². The molecular weight excluding hydrogens is 399 g/mol. The summed E-state index contributed by atoms with van der Waals surface area (Å²) < 4.78 is 68.6. The van der Waals surface area contributed by atoms with Crippen molar-refractivity contribution < 1.29 is 31.9 Å². The first-order valence-electron chi connectivity index (χ1n) is 8.12. The Balaban J connectivity index is 2.22. The van der Waals surface area contributed by atoms with Gasteiger partial charge in [-0.3, -0.25) is 4.79 Å². The van der Waals surface area contributed by atoms with E-state index in [1.807, 2.05) is 0 Å². The van der Waals surface area contributed by atoms with Gasteiger partial charge in [-0.1, -0.05) is 6.07 Å². The Morgan fingerprint density at radius 1 is 1.03 bits per heavy atom. The molecule has 0 radical (unpaired) electrons. The summed E-state index contributed by atoms with van der Waals surface area (Å²) in [6.07, 6.45) is 1.33. The van der Waals surface area contributed by atoms with Gasteiger partial charge in [0.15, 0.2) is 23.3 Å². The van der Waals surface area contributed by atoms with E-state index >= 15 is 0 Å². The lowest BCUT2D eigenvalue weighted by Gasteiger charge is -2.11. The zero-order valence-electron chi connectivity index (χ0n) is 14.6. The highest BCUT2D eigenvalue weighted by Gasteiger charge is 2.24. The van der Waals surface area contributed by atoms with Gasteiger partial charge >= 0.3 is 0 Å². The van der Waals surface area contributed by atoms with Crippen molar-refractivity contribution >= 4 is 29.2 Å². The molecule has 0 bridgehead atoms. The highest BCUT2D eigenvalue weighted by Crippen LogP contribution is 2.24. The van der Waals surface area contributed by atoms with E-state index in [2.05, 4.69) is 4.98 Å². The van der Waals surface area contributed by atoms with E-state index in [1.54, 1.807) is 6.92 Å². The van der Waals surface area contributed by atoms with Gasteiger partial charge in [-0.2, -0.15) is 0 Å². The summed E-state index contributed by atoms with van der Waals surface area (Å²) in [7, 11) is 0. The molecule has 1 heterocycles. The number of hydrogen-bond acceptors (Lipinski definition) is 4. The number of aromatic carboxylic acids is 1. The van der Waals surface area contributed by atoms with Gasteiger partial charge in [0.2, 0.25) is 5.82 Å². The average molecular weight is 409 g/mol. The van der Waals surface area contributed by atoms with Crippen molar-refractivity contribution in [1.29, 1.82) is 0 Å². The van der Waals surface area contributed by atoms with Crippen molar-refractivity contribution in [3.63, 3.8) is 0 Å². The Labute approximate surface area is 159 Å². The molecule has 29 heavy (non-hydrogen) atoms. The molecule has 0 aliphatic heterocycles. The Morgan fingerprint density at radius 3 is 2.17 bits per heavy atom. The number of carboxylic acids is 1. The minimum atomic E-state index is -2.30. The van der Waals surface area contributed by atoms with Crippen molar-refractivity contribution in [3.05, 3.63) is 74.5 Å². The molecule has 5 nitrogen and oxygen atoms in total. The number of nitrogens with zero attached hydrogens (tertiary/aromatic N) is 2. The molecule has 0 atom stereocenters. The fourth-order valence-corrected chi connectivity index (χ4v) is 2.75. The molecule has 0 saturated carbocycles. The van der Waals surface area contributed by atoms with Crippen LogP contribution < -0.4 is 10.7 Å². The maximum atomic E-state index is 13.8. The Hall–Kier alpha value is -3.56. The quantitative estimate of drug-likeness (QED) is 0.377. The largest absolute Gasteiger partial charge is 0.545 e. The van der Waals surface area contributed by atoms with Crippen LogP contribution in [0.4, 0.5) is 22.0 Å². The van der Waals surface area contributed by atoms with Crippen LogP contribution in [0.25, 0.3) is 23.2 Å². The predicted molar refractivity (Wildman–Crippen MR) is 91.2 cm³/mol. The van der Waals surface area contributed by atoms with E-state index in [0.29, 0.717) is 6.08 Å². The molecule has 0 amide bonds. The molecule has 1 aromatic heterocycles. The Kier molecular flexibility index (Phi) is 5.19. The molecule has 0 saturated heterocycles. The average Bonchev–Trinajstić information content (AvgIpc) is 2.70. The maximum Gasteiger partial charge on any atom is 0.276 e. The molecule has 0 fully saturated rings. The van der Waals surface area contributed by atoms with Crippen molar-refractivity contribution in [3.8, 4) is 0 Å². The highest BCUT2D eigenvalue weighted by atomic mass is 19.2. The molecule has 3 aromatic rings. The smallest absolute Gasteiger partial charge is 0.276 e. The van der Waals surface area contributed by atoms with Crippen LogP contribution in [0.2, 0.25) is 0 Å². The summed E-state index contributed by atoms with van der Waals surface area (Å²) in [4.78, 5) is 27.5. The lowest BCUT2D eigenvalue weighted by Crippen LogP contribution is -2.25. The molecule has 0 spiro atoms. The van der Waals surface area contributed by atoms with Crippen LogP contribution in [0.1, 0.15) is 28.5 Å². The molecule has 150 valence electrons.